The molecule has 2 rings (SSSR count). The third-order valence-electron chi connectivity index (χ3n) is 6.12. The van der Waals surface area contributed by atoms with Crippen LogP contribution in [0.1, 0.15) is 79.1 Å². The van der Waals surface area contributed by atoms with E-state index in [2.05, 4.69) is 37.9 Å². The molecule has 0 amide bonds. The molecule has 0 aromatic carbocycles. The number of nitrogens with zero attached hydrogens (tertiary/aromatic N) is 1. The second kappa shape index (κ2) is 6.13. The number of rotatable bonds is 4. The van der Waals surface area contributed by atoms with E-state index in [1.54, 1.807) is 0 Å². The molecule has 0 aromatic rings. The molecule has 112 valence electrons. The molecule has 19 heavy (non-hydrogen) atoms. The first-order chi connectivity index (χ1) is 9.11. The molecular formula is C17H34N2. The van der Waals surface area contributed by atoms with Gasteiger partial charge in [0.25, 0.3) is 0 Å². The Morgan fingerprint density at radius 3 is 2.21 bits per heavy atom. The van der Waals surface area contributed by atoms with Crippen LogP contribution in [0.4, 0.5) is 0 Å². The third kappa shape index (κ3) is 2.85. The van der Waals surface area contributed by atoms with E-state index < -0.39 is 0 Å². The first-order valence-corrected chi connectivity index (χ1v) is 8.63. The van der Waals surface area contributed by atoms with Crippen molar-refractivity contribution in [1.29, 1.82) is 0 Å². The Morgan fingerprint density at radius 2 is 1.68 bits per heavy atom. The molecule has 0 radical (unpaired) electrons. The first-order valence-electron chi connectivity index (χ1n) is 8.63. The Morgan fingerprint density at radius 1 is 1.05 bits per heavy atom. The van der Waals surface area contributed by atoms with Crippen LogP contribution in [0.15, 0.2) is 0 Å². The van der Waals surface area contributed by atoms with Gasteiger partial charge in [-0.15, -0.1) is 0 Å². The zero-order valence-electron chi connectivity index (χ0n) is 13.6. The molecular weight excluding hydrogens is 232 g/mol. The summed E-state index contributed by atoms with van der Waals surface area (Å²) in [6, 6.07) is 0.723. The number of hydrogen-bond donors (Lipinski definition) is 1. The molecule has 0 aromatic heterocycles. The van der Waals surface area contributed by atoms with Gasteiger partial charge in [0.2, 0.25) is 0 Å². The molecule has 2 heteroatoms. The van der Waals surface area contributed by atoms with Crippen molar-refractivity contribution in [3.05, 3.63) is 0 Å². The predicted molar refractivity (Wildman–Crippen MR) is 83.6 cm³/mol. The Hall–Kier alpha value is -0.0800. The molecule has 2 aliphatic rings. The second-order valence-corrected chi connectivity index (χ2v) is 7.01. The maximum absolute atomic E-state index is 3.99. The summed E-state index contributed by atoms with van der Waals surface area (Å²) in [5.41, 5.74) is 0.841. The quantitative estimate of drug-likeness (QED) is 0.829. The minimum Gasteiger partial charge on any atom is -0.308 e. The fourth-order valence-corrected chi connectivity index (χ4v) is 4.32. The van der Waals surface area contributed by atoms with Crippen molar-refractivity contribution in [1.82, 2.24) is 10.2 Å². The van der Waals surface area contributed by atoms with Crippen molar-refractivity contribution < 1.29 is 0 Å². The van der Waals surface area contributed by atoms with Crippen LogP contribution in [-0.4, -0.2) is 35.1 Å². The highest BCUT2D eigenvalue weighted by molar-refractivity contribution is 5.06. The summed E-state index contributed by atoms with van der Waals surface area (Å²) < 4.78 is 0. The van der Waals surface area contributed by atoms with Crippen LogP contribution in [0.25, 0.3) is 0 Å². The summed E-state index contributed by atoms with van der Waals surface area (Å²) in [5.74, 6) is 0. The summed E-state index contributed by atoms with van der Waals surface area (Å²) in [6.07, 6.45) is 10.9. The maximum atomic E-state index is 3.99. The van der Waals surface area contributed by atoms with Crippen molar-refractivity contribution in [2.75, 3.05) is 13.1 Å². The van der Waals surface area contributed by atoms with Gasteiger partial charge < -0.3 is 5.32 Å². The molecule has 1 unspecified atom stereocenters. The molecule has 2 fully saturated rings. The highest BCUT2D eigenvalue weighted by Crippen LogP contribution is 2.38. The summed E-state index contributed by atoms with van der Waals surface area (Å²) in [5, 5.41) is 3.99. The molecule has 1 spiro atoms. The van der Waals surface area contributed by atoms with Gasteiger partial charge in [-0.05, 0) is 39.0 Å². The lowest BCUT2D eigenvalue weighted by atomic mass is 9.75. The van der Waals surface area contributed by atoms with Crippen molar-refractivity contribution in [3.8, 4) is 0 Å². The smallest absolute Gasteiger partial charge is 0.0332 e. The predicted octanol–water partition coefficient (Wildman–Crippen LogP) is 3.95. The fraction of sp³-hybridized carbons (Fsp3) is 1.00. The van der Waals surface area contributed by atoms with Gasteiger partial charge in [-0.3, -0.25) is 4.90 Å². The summed E-state index contributed by atoms with van der Waals surface area (Å²) in [7, 11) is 0. The molecule has 1 aliphatic heterocycles. The maximum Gasteiger partial charge on any atom is 0.0332 e. The van der Waals surface area contributed by atoms with Gasteiger partial charge in [-0.1, -0.05) is 40.0 Å². The molecule has 0 bridgehead atoms. The lowest BCUT2D eigenvalue weighted by Crippen LogP contribution is -2.71. The fourth-order valence-electron chi connectivity index (χ4n) is 4.32. The normalized spacial score (nSPS) is 28.4. The Bertz CT molecular complexity index is 277. The van der Waals surface area contributed by atoms with Gasteiger partial charge in [-0.25, -0.2) is 0 Å². The van der Waals surface area contributed by atoms with Gasteiger partial charge in [0, 0.05) is 30.2 Å². The van der Waals surface area contributed by atoms with E-state index in [0.29, 0.717) is 11.1 Å². The van der Waals surface area contributed by atoms with E-state index in [-0.39, 0.29) is 0 Å². The largest absolute Gasteiger partial charge is 0.308 e. The molecule has 1 atom stereocenters. The molecule has 2 nitrogen and oxygen atoms in total. The van der Waals surface area contributed by atoms with E-state index in [4.69, 9.17) is 0 Å². The number of hydrogen-bond acceptors (Lipinski definition) is 2. The summed E-state index contributed by atoms with van der Waals surface area (Å²) >= 11 is 0. The number of nitrogens with one attached hydrogen (secondary N) is 1. The molecule has 1 aliphatic carbocycles. The average Bonchev–Trinajstić information content (AvgIpc) is 2.48. The minimum atomic E-state index is 0.401. The molecule has 1 heterocycles. The SMILES string of the molecule is CCC(C)N1CC2(CCCCC2)NCC1(CC)CC. The Kier molecular flexibility index (Phi) is 4.94. The van der Waals surface area contributed by atoms with Gasteiger partial charge in [-0.2, -0.15) is 0 Å². The van der Waals surface area contributed by atoms with Crippen LogP contribution in [0, 0.1) is 0 Å². The van der Waals surface area contributed by atoms with Gasteiger partial charge in [0.15, 0.2) is 0 Å². The van der Waals surface area contributed by atoms with E-state index in [0.717, 1.165) is 6.04 Å². The topological polar surface area (TPSA) is 15.3 Å². The lowest BCUT2D eigenvalue weighted by Gasteiger charge is -2.57. The number of piperazine rings is 1. The lowest BCUT2D eigenvalue weighted by molar-refractivity contribution is -0.0392. The molecule has 1 saturated heterocycles. The van der Waals surface area contributed by atoms with E-state index in [1.165, 1.54) is 64.5 Å². The van der Waals surface area contributed by atoms with Crippen LogP contribution in [0.3, 0.4) is 0 Å². The zero-order valence-corrected chi connectivity index (χ0v) is 13.6. The van der Waals surface area contributed by atoms with Crippen molar-refractivity contribution in [2.24, 2.45) is 0 Å². The van der Waals surface area contributed by atoms with Crippen LogP contribution in [0.5, 0.6) is 0 Å². The average molecular weight is 266 g/mol. The molecule has 1 N–H and O–H groups in total. The first kappa shape index (κ1) is 15.3. The summed E-state index contributed by atoms with van der Waals surface area (Å²) in [6.45, 7) is 12.0. The van der Waals surface area contributed by atoms with Crippen LogP contribution >= 0.6 is 0 Å². The monoisotopic (exact) mass is 266 g/mol. The van der Waals surface area contributed by atoms with Crippen molar-refractivity contribution in [2.45, 2.75) is 96.2 Å². The van der Waals surface area contributed by atoms with Crippen molar-refractivity contribution >= 4 is 0 Å². The molecule has 1 saturated carbocycles. The van der Waals surface area contributed by atoms with E-state index in [1.807, 2.05) is 0 Å². The zero-order chi connectivity index (χ0) is 13.9. The van der Waals surface area contributed by atoms with Gasteiger partial charge in [0.05, 0.1) is 0 Å². The van der Waals surface area contributed by atoms with Crippen LogP contribution in [0.2, 0.25) is 0 Å². The van der Waals surface area contributed by atoms with Crippen LogP contribution < -0.4 is 5.32 Å². The van der Waals surface area contributed by atoms with Gasteiger partial charge >= 0.3 is 0 Å². The van der Waals surface area contributed by atoms with E-state index in [9.17, 15) is 0 Å². The second-order valence-electron chi connectivity index (χ2n) is 7.01. The van der Waals surface area contributed by atoms with Crippen molar-refractivity contribution in [3.63, 3.8) is 0 Å². The third-order valence-corrected chi connectivity index (χ3v) is 6.12. The van der Waals surface area contributed by atoms with Gasteiger partial charge in [0.1, 0.15) is 0 Å². The highest BCUT2D eigenvalue weighted by atomic mass is 15.3. The Labute approximate surface area is 120 Å². The van der Waals surface area contributed by atoms with E-state index >= 15 is 0 Å². The van der Waals surface area contributed by atoms with Crippen LogP contribution in [-0.2, 0) is 0 Å². The highest BCUT2D eigenvalue weighted by Gasteiger charge is 2.47. The summed E-state index contributed by atoms with van der Waals surface area (Å²) in [4.78, 5) is 2.87. The Balaban J connectivity index is 2.18. The standard InChI is InChI=1S/C17H34N2/c1-5-15(4)19-14-16(11-9-8-10-12-16)18-13-17(19,6-2)7-3/h15,18H,5-14H2,1-4H3. The minimum absolute atomic E-state index is 0.401.